The van der Waals surface area contributed by atoms with E-state index in [1.807, 2.05) is 13.8 Å². The number of amides is 1. The number of rotatable bonds is 8. The normalized spacial score (nSPS) is 11.8. The van der Waals surface area contributed by atoms with Gasteiger partial charge >= 0.3 is 5.97 Å². The lowest BCUT2D eigenvalue weighted by atomic mass is 10.1. The first-order valence-electron chi connectivity index (χ1n) is 8.66. The summed E-state index contributed by atoms with van der Waals surface area (Å²) in [4.78, 5) is 22.9. The maximum absolute atomic E-state index is 12.1. The number of carbonyl (C=O) groups is 2. The Kier molecular flexibility index (Phi) is 8.16. The number of hydrogen-bond acceptors (Lipinski definition) is 3. The van der Waals surface area contributed by atoms with Gasteiger partial charge in [-0.15, -0.1) is 0 Å². The number of nitrogens with one attached hydrogen (secondary N) is 1. The summed E-state index contributed by atoms with van der Waals surface area (Å²) in [5.74, 6) is -0.0196. The van der Waals surface area contributed by atoms with Crippen LogP contribution < -0.4 is 10.1 Å². The lowest BCUT2D eigenvalue weighted by Gasteiger charge is -2.14. The van der Waals surface area contributed by atoms with Crippen molar-refractivity contribution >= 4 is 56.7 Å². The summed E-state index contributed by atoms with van der Waals surface area (Å²) in [5.41, 5.74) is 1.12. The molecule has 5 nitrogen and oxygen atoms in total. The van der Waals surface area contributed by atoms with Gasteiger partial charge in [-0.2, -0.15) is 0 Å². The molecule has 2 rings (SSSR count). The number of anilines is 1. The van der Waals surface area contributed by atoms with Crippen LogP contribution in [0.2, 0.25) is 10.0 Å². The Labute approximate surface area is 182 Å². The Morgan fingerprint density at radius 3 is 2.39 bits per heavy atom. The molecule has 1 unspecified atom stereocenters. The molecule has 2 aromatic rings. The van der Waals surface area contributed by atoms with E-state index >= 15 is 0 Å². The highest BCUT2D eigenvalue weighted by molar-refractivity contribution is 9.10. The number of ether oxygens (including phenoxy) is 1. The van der Waals surface area contributed by atoms with Crippen LogP contribution in [-0.2, 0) is 16.0 Å². The Morgan fingerprint density at radius 2 is 1.86 bits per heavy atom. The zero-order valence-corrected chi connectivity index (χ0v) is 18.5. The molecule has 2 aromatic carbocycles. The van der Waals surface area contributed by atoms with Gasteiger partial charge in [-0.05, 0) is 57.7 Å². The van der Waals surface area contributed by atoms with Crippen LogP contribution in [0.5, 0.6) is 11.5 Å². The fraction of sp³-hybridized carbons (Fsp3) is 0.300. The lowest BCUT2D eigenvalue weighted by Crippen LogP contribution is -2.15. The van der Waals surface area contributed by atoms with Crippen LogP contribution in [-0.4, -0.2) is 17.0 Å². The van der Waals surface area contributed by atoms with Gasteiger partial charge in [-0.3, -0.25) is 9.59 Å². The fourth-order valence-corrected chi connectivity index (χ4v) is 3.49. The van der Waals surface area contributed by atoms with Crippen molar-refractivity contribution in [2.75, 3.05) is 5.32 Å². The Bertz CT molecular complexity index is 865. The SMILES string of the molecule is CCC(C)CC(=O)Nc1ccc(Oc2c(Cl)cc(CC(=O)O)cc2Cl)cc1Br. The van der Waals surface area contributed by atoms with Crippen molar-refractivity contribution in [3.8, 4) is 11.5 Å². The van der Waals surface area contributed by atoms with Crippen molar-refractivity contribution in [3.63, 3.8) is 0 Å². The van der Waals surface area contributed by atoms with E-state index in [4.69, 9.17) is 33.0 Å². The molecule has 0 spiro atoms. The van der Waals surface area contributed by atoms with Gasteiger partial charge in [0.05, 0.1) is 22.2 Å². The molecule has 28 heavy (non-hydrogen) atoms. The van der Waals surface area contributed by atoms with Gasteiger partial charge in [-0.1, -0.05) is 43.5 Å². The standard InChI is InChI=1S/C20H20BrCl2NO4/c1-3-11(2)6-18(25)24-17-5-4-13(10-14(17)21)28-20-15(22)7-12(8-16(20)23)9-19(26)27/h4-5,7-8,10-11H,3,6,9H2,1-2H3,(H,24,25)(H,26,27). The average Bonchev–Trinajstić information content (AvgIpc) is 2.59. The molecular weight excluding hydrogens is 469 g/mol. The second-order valence-electron chi connectivity index (χ2n) is 6.47. The van der Waals surface area contributed by atoms with Gasteiger partial charge < -0.3 is 15.2 Å². The van der Waals surface area contributed by atoms with Crippen LogP contribution in [0.15, 0.2) is 34.8 Å². The van der Waals surface area contributed by atoms with Crippen LogP contribution in [0.3, 0.4) is 0 Å². The highest BCUT2D eigenvalue weighted by Gasteiger charge is 2.14. The summed E-state index contributed by atoms with van der Waals surface area (Å²) in [7, 11) is 0. The second kappa shape index (κ2) is 10.1. The minimum absolute atomic E-state index is 0.0520. The molecule has 0 aliphatic carbocycles. The van der Waals surface area contributed by atoms with Crippen molar-refractivity contribution in [1.82, 2.24) is 0 Å². The van der Waals surface area contributed by atoms with E-state index in [-0.39, 0.29) is 28.1 Å². The van der Waals surface area contributed by atoms with E-state index in [0.29, 0.717) is 33.8 Å². The number of carboxylic acids is 1. The average molecular weight is 489 g/mol. The van der Waals surface area contributed by atoms with Gasteiger partial charge in [0.15, 0.2) is 5.75 Å². The number of carbonyl (C=O) groups excluding carboxylic acids is 1. The van der Waals surface area contributed by atoms with E-state index < -0.39 is 5.97 Å². The predicted octanol–water partition coefficient (Wildman–Crippen LogP) is 6.55. The van der Waals surface area contributed by atoms with E-state index in [2.05, 4.69) is 21.2 Å². The molecule has 0 aromatic heterocycles. The molecule has 1 atom stereocenters. The molecule has 0 heterocycles. The van der Waals surface area contributed by atoms with Gasteiger partial charge in [-0.25, -0.2) is 0 Å². The van der Waals surface area contributed by atoms with E-state index in [1.165, 1.54) is 12.1 Å². The van der Waals surface area contributed by atoms with Crippen LogP contribution in [0.1, 0.15) is 32.3 Å². The topological polar surface area (TPSA) is 75.6 Å². The van der Waals surface area contributed by atoms with Crippen LogP contribution in [0, 0.1) is 5.92 Å². The summed E-state index contributed by atoms with van der Waals surface area (Å²) in [6, 6.07) is 8.11. The molecule has 0 fully saturated rings. The summed E-state index contributed by atoms with van der Waals surface area (Å²) in [5, 5.41) is 12.2. The first-order chi connectivity index (χ1) is 13.2. The second-order valence-corrected chi connectivity index (χ2v) is 8.14. The van der Waals surface area contributed by atoms with Gasteiger partial charge in [0.25, 0.3) is 0 Å². The minimum Gasteiger partial charge on any atom is -0.481 e. The highest BCUT2D eigenvalue weighted by atomic mass is 79.9. The van der Waals surface area contributed by atoms with Gasteiger partial charge in [0.2, 0.25) is 5.91 Å². The summed E-state index contributed by atoms with van der Waals surface area (Å²) in [6.07, 6.45) is 1.21. The van der Waals surface area contributed by atoms with E-state index in [0.717, 1.165) is 6.42 Å². The molecule has 0 aliphatic rings. The quantitative estimate of drug-likeness (QED) is 0.441. The molecule has 0 aliphatic heterocycles. The number of benzene rings is 2. The summed E-state index contributed by atoms with van der Waals surface area (Å²) in [6.45, 7) is 4.07. The molecule has 2 N–H and O–H groups in total. The molecule has 0 radical (unpaired) electrons. The number of carboxylic acid groups (broad SMARTS) is 1. The van der Waals surface area contributed by atoms with Crippen LogP contribution in [0.25, 0.3) is 0 Å². The van der Waals surface area contributed by atoms with Crippen molar-refractivity contribution in [2.24, 2.45) is 5.92 Å². The third-order valence-electron chi connectivity index (χ3n) is 4.08. The first kappa shape index (κ1) is 22.5. The zero-order valence-electron chi connectivity index (χ0n) is 15.4. The van der Waals surface area contributed by atoms with Crippen molar-refractivity contribution < 1.29 is 19.4 Å². The molecule has 0 saturated carbocycles. The zero-order chi connectivity index (χ0) is 20.8. The van der Waals surface area contributed by atoms with Crippen molar-refractivity contribution in [3.05, 3.63) is 50.4 Å². The smallest absolute Gasteiger partial charge is 0.307 e. The minimum atomic E-state index is -0.976. The summed E-state index contributed by atoms with van der Waals surface area (Å²) < 4.78 is 6.42. The maximum Gasteiger partial charge on any atom is 0.307 e. The molecule has 1 amide bonds. The first-order valence-corrected chi connectivity index (χ1v) is 10.2. The van der Waals surface area contributed by atoms with Gasteiger partial charge in [0, 0.05) is 10.9 Å². The third kappa shape index (κ3) is 6.40. The largest absolute Gasteiger partial charge is 0.481 e. The van der Waals surface area contributed by atoms with E-state index in [9.17, 15) is 9.59 Å². The lowest BCUT2D eigenvalue weighted by molar-refractivity contribution is -0.136. The predicted molar refractivity (Wildman–Crippen MR) is 115 cm³/mol. The summed E-state index contributed by atoms with van der Waals surface area (Å²) >= 11 is 15.8. The number of halogens is 3. The molecule has 0 saturated heterocycles. The molecule has 0 bridgehead atoms. The van der Waals surface area contributed by atoms with E-state index in [1.54, 1.807) is 18.2 Å². The van der Waals surface area contributed by atoms with Crippen molar-refractivity contribution in [2.45, 2.75) is 33.1 Å². The Hall–Kier alpha value is -1.76. The number of hydrogen-bond donors (Lipinski definition) is 2. The third-order valence-corrected chi connectivity index (χ3v) is 5.30. The molecular formula is C20H20BrCl2NO4. The fourth-order valence-electron chi connectivity index (χ4n) is 2.43. The van der Waals surface area contributed by atoms with Crippen LogP contribution >= 0.6 is 39.1 Å². The monoisotopic (exact) mass is 487 g/mol. The van der Waals surface area contributed by atoms with Crippen molar-refractivity contribution in [1.29, 1.82) is 0 Å². The van der Waals surface area contributed by atoms with Crippen LogP contribution in [0.4, 0.5) is 5.69 Å². The molecule has 8 heteroatoms. The van der Waals surface area contributed by atoms with Gasteiger partial charge in [0.1, 0.15) is 5.75 Å². The Morgan fingerprint density at radius 1 is 1.21 bits per heavy atom. The molecule has 150 valence electrons. The highest BCUT2D eigenvalue weighted by Crippen LogP contribution is 2.39. The maximum atomic E-state index is 12.1. The Balaban J connectivity index is 2.14. The number of aliphatic carboxylic acids is 1.